The lowest BCUT2D eigenvalue weighted by Crippen LogP contribution is -2.23. The second-order valence-electron chi connectivity index (χ2n) is 4.39. The van der Waals surface area contributed by atoms with Gasteiger partial charge in [-0.3, -0.25) is 4.98 Å². The number of aromatic nitrogens is 1. The molecule has 3 nitrogen and oxygen atoms in total. The van der Waals surface area contributed by atoms with Crippen LogP contribution in [0.3, 0.4) is 0 Å². The van der Waals surface area contributed by atoms with Crippen LogP contribution in [-0.4, -0.2) is 24.2 Å². The minimum absolute atomic E-state index is 0.370. The van der Waals surface area contributed by atoms with Gasteiger partial charge in [-0.15, -0.1) is 0 Å². The van der Waals surface area contributed by atoms with Gasteiger partial charge in [0.1, 0.15) is 0 Å². The van der Waals surface area contributed by atoms with Gasteiger partial charge in [0.2, 0.25) is 0 Å². The predicted molar refractivity (Wildman–Crippen MR) is 64.2 cm³/mol. The zero-order chi connectivity index (χ0) is 11.2. The first-order valence-corrected chi connectivity index (χ1v) is 6.11. The summed E-state index contributed by atoms with van der Waals surface area (Å²) in [7, 11) is 0. The maximum absolute atomic E-state index is 5.59. The largest absolute Gasteiger partial charge is 0.378 e. The second kappa shape index (κ2) is 5.97. The highest BCUT2D eigenvalue weighted by Crippen LogP contribution is 2.15. The lowest BCUT2D eigenvalue weighted by molar-refractivity contribution is 0.103. The molecule has 1 aliphatic rings. The van der Waals surface area contributed by atoms with E-state index in [1.807, 2.05) is 18.5 Å². The number of pyridine rings is 1. The maximum Gasteiger partial charge on any atom is 0.0588 e. The Bertz CT molecular complexity index is 296. The van der Waals surface area contributed by atoms with Crippen LogP contribution in [0.1, 0.15) is 37.8 Å². The molecule has 2 heterocycles. The summed E-state index contributed by atoms with van der Waals surface area (Å²) in [6.07, 6.45) is 7.77. The van der Waals surface area contributed by atoms with Gasteiger partial charge in [-0.05, 0) is 44.4 Å². The van der Waals surface area contributed by atoms with Crippen LogP contribution in [-0.2, 0) is 4.74 Å². The number of nitrogens with one attached hydrogen (secondary N) is 1. The van der Waals surface area contributed by atoms with Crippen LogP contribution in [0.4, 0.5) is 0 Å². The van der Waals surface area contributed by atoms with E-state index in [0.29, 0.717) is 12.1 Å². The van der Waals surface area contributed by atoms with Crippen LogP contribution in [0.25, 0.3) is 0 Å². The monoisotopic (exact) mass is 220 g/mol. The highest BCUT2D eigenvalue weighted by molar-refractivity contribution is 5.12. The smallest absolute Gasteiger partial charge is 0.0588 e. The molecule has 16 heavy (non-hydrogen) atoms. The van der Waals surface area contributed by atoms with Gasteiger partial charge in [-0.1, -0.05) is 6.07 Å². The third-order valence-corrected chi connectivity index (χ3v) is 3.13. The van der Waals surface area contributed by atoms with E-state index in [2.05, 4.69) is 23.3 Å². The minimum Gasteiger partial charge on any atom is -0.378 e. The van der Waals surface area contributed by atoms with Crippen LogP contribution < -0.4 is 5.32 Å². The topological polar surface area (TPSA) is 34.1 Å². The first kappa shape index (κ1) is 11.6. The summed E-state index contributed by atoms with van der Waals surface area (Å²) in [6.45, 7) is 4.13. The van der Waals surface area contributed by atoms with E-state index in [1.165, 1.54) is 18.4 Å². The highest BCUT2D eigenvalue weighted by Gasteiger charge is 2.15. The molecule has 1 aromatic heterocycles. The lowest BCUT2D eigenvalue weighted by atomic mass is 10.1. The van der Waals surface area contributed by atoms with Crippen LogP contribution >= 0.6 is 0 Å². The summed E-state index contributed by atoms with van der Waals surface area (Å²) in [5.74, 6) is 0. The van der Waals surface area contributed by atoms with E-state index in [1.54, 1.807) is 0 Å². The normalized spacial score (nSPS) is 22.2. The average Bonchev–Trinajstić information content (AvgIpc) is 2.83. The summed E-state index contributed by atoms with van der Waals surface area (Å²) >= 11 is 0. The molecule has 0 aliphatic carbocycles. The molecular formula is C13H20N2O. The Hall–Kier alpha value is -0.930. The summed E-state index contributed by atoms with van der Waals surface area (Å²) in [5.41, 5.74) is 1.25. The van der Waals surface area contributed by atoms with Crippen molar-refractivity contribution in [1.82, 2.24) is 10.3 Å². The minimum atomic E-state index is 0.370. The quantitative estimate of drug-likeness (QED) is 0.826. The summed E-state index contributed by atoms with van der Waals surface area (Å²) in [4.78, 5) is 4.13. The van der Waals surface area contributed by atoms with Crippen LogP contribution in [0.15, 0.2) is 24.5 Å². The Kier molecular flexibility index (Phi) is 4.31. The zero-order valence-corrected chi connectivity index (χ0v) is 9.86. The van der Waals surface area contributed by atoms with E-state index in [9.17, 15) is 0 Å². The molecule has 0 saturated carbocycles. The van der Waals surface area contributed by atoms with Gasteiger partial charge in [-0.25, -0.2) is 0 Å². The van der Waals surface area contributed by atoms with E-state index in [-0.39, 0.29) is 0 Å². The molecule has 1 aliphatic heterocycles. The second-order valence-corrected chi connectivity index (χ2v) is 4.39. The molecule has 2 rings (SSSR count). The van der Waals surface area contributed by atoms with Gasteiger partial charge in [0.25, 0.3) is 0 Å². The van der Waals surface area contributed by atoms with Crippen molar-refractivity contribution in [3.8, 4) is 0 Å². The standard InChI is InChI=1S/C13H20N2O/c1-11(12-4-2-7-14-10-12)15-8-6-13-5-3-9-16-13/h2,4,7,10-11,13,15H,3,5-6,8-9H2,1H3/t11-,13?/m0/s1. The van der Waals surface area contributed by atoms with Crippen molar-refractivity contribution in [2.75, 3.05) is 13.2 Å². The fourth-order valence-electron chi connectivity index (χ4n) is 2.08. The van der Waals surface area contributed by atoms with Crippen LogP contribution in [0.2, 0.25) is 0 Å². The molecule has 1 unspecified atom stereocenters. The Balaban J connectivity index is 1.69. The molecule has 0 radical (unpaired) electrons. The van der Waals surface area contributed by atoms with Crippen molar-refractivity contribution in [3.05, 3.63) is 30.1 Å². The predicted octanol–water partition coefficient (Wildman–Crippen LogP) is 2.30. The first-order valence-electron chi connectivity index (χ1n) is 6.11. The van der Waals surface area contributed by atoms with E-state index in [0.717, 1.165) is 19.6 Å². The van der Waals surface area contributed by atoms with Crippen LogP contribution in [0.5, 0.6) is 0 Å². The van der Waals surface area contributed by atoms with Crippen molar-refractivity contribution < 1.29 is 4.74 Å². The number of nitrogens with zero attached hydrogens (tertiary/aromatic N) is 1. The molecule has 3 heteroatoms. The fourth-order valence-corrected chi connectivity index (χ4v) is 2.08. The van der Waals surface area contributed by atoms with E-state index >= 15 is 0 Å². The summed E-state index contributed by atoms with van der Waals surface area (Å²) in [5, 5.41) is 3.51. The molecule has 0 bridgehead atoms. The number of rotatable bonds is 5. The summed E-state index contributed by atoms with van der Waals surface area (Å²) < 4.78 is 5.59. The molecule has 1 aromatic rings. The maximum atomic E-state index is 5.59. The van der Waals surface area contributed by atoms with Crippen molar-refractivity contribution in [3.63, 3.8) is 0 Å². The summed E-state index contributed by atoms with van der Waals surface area (Å²) in [6, 6.07) is 4.46. The molecule has 0 amide bonds. The van der Waals surface area contributed by atoms with E-state index in [4.69, 9.17) is 4.74 Å². The van der Waals surface area contributed by atoms with Gasteiger partial charge >= 0.3 is 0 Å². The third kappa shape index (κ3) is 3.29. The Morgan fingerprint density at radius 1 is 1.62 bits per heavy atom. The van der Waals surface area contributed by atoms with Gasteiger partial charge in [0.05, 0.1) is 6.10 Å². The third-order valence-electron chi connectivity index (χ3n) is 3.13. The molecule has 1 saturated heterocycles. The van der Waals surface area contributed by atoms with Crippen LogP contribution in [0, 0.1) is 0 Å². The molecule has 88 valence electrons. The molecule has 2 atom stereocenters. The van der Waals surface area contributed by atoms with Gasteiger partial charge in [0.15, 0.2) is 0 Å². The van der Waals surface area contributed by atoms with Crippen molar-refractivity contribution >= 4 is 0 Å². The van der Waals surface area contributed by atoms with Gasteiger partial charge < -0.3 is 10.1 Å². The Morgan fingerprint density at radius 3 is 3.25 bits per heavy atom. The highest BCUT2D eigenvalue weighted by atomic mass is 16.5. The Labute approximate surface area is 97.2 Å². The zero-order valence-electron chi connectivity index (χ0n) is 9.86. The van der Waals surface area contributed by atoms with Gasteiger partial charge in [0, 0.05) is 25.0 Å². The SMILES string of the molecule is C[C@H](NCCC1CCCO1)c1cccnc1. The first-order chi connectivity index (χ1) is 7.86. The molecule has 0 spiro atoms. The fraction of sp³-hybridized carbons (Fsp3) is 0.615. The number of hydrogen-bond acceptors (Lipinski definition) is 3. The van der Waals surface area contributed by atoms with Gasteiger partial charge in [-0.2, -0.15) is 0 Å². The molecule has 1 fully saturated rings. The number of hydrogen-bond donors (Lipinski definition) is 1. The molecule has 1 N–H and O–H groups in total. The molecule has 0 aromatic carbocycles. The molecular weight excluding hydrogens is 200 g/mol. The average molecular weight is 220 g/mol. The lowest BCUT2D eigenvalue weighted by Gasteiger charge is -2.15. The van der Waals surface area contributed by atoms with Crippen molar-refractivity contribution in [2.24, 2.45) is 0 Å². The van der Waals surface area contributed by atoms with E-state index < -0.39 is 0 Å². The van der Waals surface area contributed by atoms with Crippen molar-refractivity contribution in [1.29, 1.82) is 0 Å². The van der Waals surface area contributed by atoms with Crippen molar-refractivity contribution in [2.45, 2.75) is 38.3 Å². The Morgan fingerprint density at radius 2 is 2.56 bits per heavy atom. The number of ether oxygens (including phenoxy) is 1.